The van der Waals surface area contributed by atoms with Gasteiger partial charge in [-0.15, -0.1) is 0 Å². The van der Waals surface area contributed by atoms with Crippen molar-refractivity contribution in [2.75, 3.05) is 33.0 Å². The van der Waals surface area contributed by atoms with E-state index >= 15 is 0 Å². The van der Waals surface area contributed by atoms with Crippen molar-refractivity contribution >= 4 is 5.97 Å². The van der Waals surface area contributed by atoms with E-state index in [1.165, 1.54) is 154 Å². The van der Waals surface area contributed by atoms with Gasteiger partial charge in [0.15, 0.2) is 12.6 Å². The van der Waals surface area contributed by atoms with E-state index in [1.807, 2.05) is 0 Å². The minimum atomic E-state index is -1.71. The second-order valence-corrected chi connectivity index (χ2v) is 20.5. The van der Waals surface area contributed by atoms with Crippen LogP contribution in [0.3, 0.4) is 0 Å². The van der Waals surface area contributed by atoms with Gasteiger partial charge in [-0.05, 0) is 44.9 Å². The van der Waals surface area contributed by atoms with Crippen LogP contribution in [0.5, 0.6) is 0 Å². The number of carbonyl (C=O) groups is 1. The molecule has 2 aliphatic heterocycles. The molecule has 71 heavy (non-hydrogen) atoms. The summed E-state index contributed by atoms with van der Waals surface area (Å²) >= 11 is 0. The standard InChI is InChI=1S/C57H106O14/c1-3-5-7-9-11-13-15-17-19-21-23-25-27-29-31-33-35-37-39-41-66-43-46(69-49(59)40-38-36-34-32-30-28-26-24-22-20-18-16-14-12-10-8-6-4-2)44-67-56-55(65)53(63)51(61)48(71-56)45-68-57-54(64)52(62)50(60)47(42-58)70-57/h14,16,20,22,46-48,50-58,60-65H,3-13,15,17-19,21,23-45H2,1-2H3/b16-14-,22-20-. The molecule has 0 radical (unpaired) electrons. The molecule has 11 unspecified atom stereocenters. The fraction of sp³-hybridized carbons (Fsp3) is 0.912. The minimum absolute atomic E-state index is 0.0629. The molecule has 2 fully saturated rings. The Morgan fingerprint density at radius 2 is 0.873 bits per heavy atom. The second-order valence-electron chi connectivity index (χ2n) is 20.5. The zero-order chi connectivity index (χ0) is 51.6. The first-order chi connectivity index (χ1) is 34.6. The van der Waals surface area contributed by atoms with Gasteiger partial charge in [0.25, 0.3) is 0 Å². The first-order valence-electron chi connectivity index (χ1n) is 28.9. The fourth-order valence-corrected chi connectivity index (χ4v) is 9.26. The average molecular weight is 1020 g/mol. The molecule has 0 bridgehead atoms. The summed E-state index contributed by atoms with van der Waals surface area (Å²) < 4.78 is 34.4. The zero-order valence-corrected chi connectivity index (χ0v) is 44.7. The van der Waals surface area contributed by atoms with Crippen LogP contribution in [-0.2, 0) is 33.2 Å². The van der Waals surface area contributed by atoms with Crippen LogP contribution >= 0.6 is 0 Å². The minimum Gasteiger partial charge on any atom is -0.457 e. The van der Waals surface area contributed by atoms with Gasteiger partial charge in [-0.3, -0.25) is 4.79 Å². The number of rotatable bonds is 47. The first-order valence-corrected chi connectivity index (χ1v) is 28.9. The second kappa shape index (κ2) is 44.7. The number of aliphatic hydroxyl groups excluding tert-OH is 7. The van der Waals surface area contributed by atoms with Crippen molar-refractivity contribution in [3.05, 3.63) is 24.3 Å². The molecule has 0 spiro atoms. The molecular weight excluding hydrogens is 909 g/mol. The quantitative estimate of drug-likeness (QED) is 0.0172. The molecule has 418 valence electrons. The normalized spacial score (nSPS) is 25.4. The van der Waals surface area contributed by atoms with Crippen LogP contribution in [-0.4, -0.2) is 142 Å². The van der Waals surface area contributed by atoms with Crippen LogP contribution in [0.1, 0.15) is 232 Å². The fourth-order valence-electron chi connectivity index (χ4n) is 9.26. The smallest absolute Gasteiger partial charge is 0.306 e. The summed E-state index contributed by atoms with van der Waals surface area (Å²) in [5, 5.41) is 72.3. The molecule has 0 saturated carbocycles. The van der Waals surface area contributed by atoms with Crippen LogP contribution < -0.4 is 0 Å². The maximum atomic E-state index is 13.1. The van der Waals surface area contributed by atoms with Crippen molar-refractivity contribution in [1.82, 2.24) is 0 Å². The van der Waals surface area contributed by atoms with Crippen LogP contribution in [0.15, 0.2) is 24.3 Å². The van der Waals surface area contributed by atoms with Crippen molar-refractivity contribution in [2.45, 2.75) is 300 Å². The van der Waals surface area contributed by atoms with Crippen LogP contribution in [0.4, 0.5) is 0 Å². The molecule has 14 nitrogen and oxygen atoms in total. The Hall–Kier alpha value is -1.53. The van der Waals surface area contributed by atoms with Crippen molar-refractivity contribution in [3.63, 3.8) is 0 Å². The van der Waals surface area contributed by atoms with Gasteiger partial charge in [0, 0.05) is 13.0 Å². The lowest BCUT2D eigenvalue weighted by atomic mass is 9.98. The lowest BCUT2D eigenvalue weighted by Gasteiger charge is -2.42. The van der Waals surface area contributed by atoms with E-state index in [2.05, 4.69) is 38.2 Å². The summed E-state index contributed by atoms with van der Waals surface area (Å²) in [7, 11) is 0. The Morgan fingerprint density at radius 1 is 0.465 bits per heavy atom. The van der Waals surface area contributed by atoms with Crippen molar-refractivity contribution in [3.8, 4) is 0 Å². The Balaban J connectivity index is 1.72. The van der Waals surface area contributed by atoms with Crippen LogP contribution in [0, 0.1) is 0 Å². The number of esters is 1. The van der Waals surface area contributed by atoms with E-state index in [4.69, 9.17) is 28.4 Å². The largest absolute Gasteiger partial charge is 0.457 e. The van der Waals surface area contributed by atoms with Gasteiger partial charge in [0.05, 0.1) is 26.4 Å². The number of ether oxygens (including phenoxy) is 6. The number of hydrogen-bond donors (Lipinski definition) is 7. The van der Waals surface area contributed by atoms with E-state index in [1.54, 1.807) is 0 Å². The molecule has 2 heterocycles. The Kier molecular flexibility index (Phi) is 41.3. The molecule has 0 amide bonds. The summed E-state index contributed by atoms with van der Waals surface area (Å²) in [5.74, 6) is -0.379. The predicted octanol–water partition coefficient (Wildman–Crippen LogP) is 9.97. The van der Waals surface area contributed by atoms with E-state index in [0.29, 0.717) is 13.0 Å². The van der Waals surface area contributed by atoms with E-state index in [-0.39, 0.29) is 25.6 Å². The van der Waals surface area contributed by atoms with Gasteiger partial charge in [-0.25, -0.2) is 0 Å². The highest BCUT2D eigenvalue weighted by Crippen LogP contribution is 2.27. The Labute approximate surface area is 430 Å². The van der Waals surface area contributed by atoms with E-state index < -0.39 is 80.7 Å². The number of allylic oxidation sites excluding steroid dienone is 4. The lowest BCUT2D eigenvalue weighted by Crippen LogP contribution is -2.61. The topological polar surface area (TPSA) is 214 Å². The predicted molar refractivity (Wildman–Crippen MR) is 280 cm³/mol. The van der Waals surface area contributed by atoms with Gasteiger partial charge in [0.2, 0.25) is 0 Å². The molecule has 2 saturated heterocycles. The zero-order valence-electron chi connectivity index (χ0n) is 44.7. The third-order valence-electron chi connectivity index (χ3n) is 14.0. The Morgan fingerprint density at radius 3 is 1.37 bits per heavy atom. The van der Waals surface area contributed by atoms with Gasteiger partial charge >= 0.3 is 5.97 Å². The van der Waals surface area contributed by atoms with Gasteiger partial charge in [-0.1, -0.05) is 205 Å². The molecule has 14 heteroatoms. The summed E-state index contributed by atoms with van der Waals surface area (Å²) in [6, 6.07) is 0. The lowest BCUT2D eigenvalue weighted by molar-refractivity contribution is -0.332. The molecule has 2 aliphatic rings. The highest BCUT2D eigenvalue weighted by molar-refractivity contribution is 5.69. The molecule has 0 aromatic heterocycles. The molecule has 0 aromatic carbocycles. The Bertz CT molecular complexity index is 1270. The van der Waals surface area contributed by atoms with Crippen molar-refractivity contribution in [2.24, 2.45) is 0 Å². The number of aliphatic hydroxyl groups is 7. The van der Waals surface area contributed by atoms with Crippen molar-refractivity contribution < 1.29 is 69.0 Å². The highest BCUT2D eigenvalue weighted by Gasteiger charge is 2.47. The number of hydrogen-bond acceptors (Lipinski definition) is 14. The summed E-state index contributed by atoms with van der Waals surface area (Å²) in [5.41, 5.74) is 0. The first kappa shape index (κ1) is 65.6. The monoisotopic (exact) mass is 1010 g/mol. The SMILES string of the molecule is CCCCCC/C=C\C/C=C\CCCCCCCCCC(=O)OC(COCCCCCCCCCCCCCCCCCCCCC)COC1OC(COC2OC(CO)C(O)C(O)C2O)C(O)C(O)C1O. The number of unbranched alkanes of at least 4 members (excludes halogenated alkanes) is 29. The third kappa shape index (κ3) is 31.8. The number of carbonyl (C=O) groups excluding carboxylic acids is 1. The summed E-state index contributed by atoms with van der Waals surface area (Å²) in [4.78, 5) is 13.1. The molecule has 0 aliphatic carbocycles. The maximum Gasteiger partial charge on any atom is 0.306 e. The van der Waals surface area contributed by atoms with Gasteiger partial charge < -0.3 is 64.2 Å². The molecular formula is C57H106O14. The molecule has 7 N–H and O–H groups in total. The van der Waals surface area contributed by atoms with Crippen LogP contribution in [0.25, 0.3) is 0 Å². The maximum absolute atomic E-state index is 13.1. The van der Waals surface area contributed by atoms with E-state index in [0.717, 1.165) is 51.4 Å². The third-order valence-corrected chi connectivity index (χ3v) is 14.0. The van der Waals surface area contributed by atoms with E-state index in [9.17, 15) is 40.5 Å². The molecule has 0 aromatic rings. The van der Waals surface area contributed by atoms with Crippen LogP contribution in [0.2, 0.25) is 0 Å². The summed E-state index contributed by atoms with van der Waals surface area (Å²) in [6.45, 7) is 3.71. The highest BCUT2D eigenvalue weighted by atomic mass is 16.7. The molecule has 2 rings (SSSR count). The summed E-state index contributed by atoms with van der Waals surface area (Å²) in [6.07, 6.45) is 33.8. The van der Waals surface area contributed by atoms with Gasteiger partial charge in [-0.2, -0.15) is 0 Å². The van der Waals surface area contributed by atoms with Gasteiger partial charge in [0.1, 0.15) is 54.9 Å². The van der Waals surface area contributed by atoms with Crippen molar-refractivity contribution in [1.29, 1.82) is 0 Å². The molecule has 11 atom stereocenters. The average Bonchev–Trinajstić information content (AvgIpc) is 3.37.